The first-order chi connectivity index (χ1) is 9.47. The molecule has 0 aromatic heterocycles. The monoisotopic (exact) mass is 278 g/mol. The highest BCUT2D eigenvalue weighted by atomic mass is 16.5. The van der Waals surface area contributed by atoms with Crippen molar-refractivity contribution in [2.75, 3.05) is 14.2 Å². The van der Waals surface area contributed by atoms with E-state index in [2.05, 4.69) is 13.8 Å². The molecule has 0 aliphatic heterocycles. The number of methoxy groups -OCH3 is 2. The molecule has 3 heteroatoms. The number of hydrogen-bond acceptors (Lipinski definition) is 3. The van der Waals surface area contributed by atoms with Crippen molar-refractivity contribution in [2.24, 2.45) is 11.3 Å². The van der Waals surface area contributed by atoms with Gasteiger partial charge in [-0.2, -0.15) is 0 Å². The molecule has 1 saturated carbocycles. The second kappa shape index (κ2) is 6.04. The van der Waals surface area contributed by atoms with Crippen LogP contribution in [0.5, 0.6) is 11.5 Å². The number of aliphatic hydroxyl groups is 1. The normalized spacial score (nSPS) is 22.6. The molecule has 1 aliphatic carbocycles. The summed E-state index contributed by atoms with van der Waals surface area (Å²) < 4.78 is 10.6. The summed E-state index contributed by atoms with van der Waals surface area (Å²) in [7, 11) is 3.27. The van der Waals surface area contributed by atoms with E-state index in [4.69, 9.17) is 9.47 Å². The Kier molecular flexibility index (Phi) is 4.59. The van der Waals surface area contributed by atoms with E-state index in [0.717, 1.165) is 23.5 Å². The van der Waals surface area contributed by atoms with E-state index < -0.39 is 0 Å². The van der Waals surface area contributed by atoms with Gasteiger partial charge in [-0.1, -0.05) is 26.3 Å². The van der Waals surface area contributed by atoms with E-state index >= 15 is 0 Å². The number of hydrogen-bond donors (Lipinski definition) is 1. The standard InChI is InChI=1S/C17H26O3/c1-17(2)9-5-6-13(17)14(18)10-12-7-8-15(19-3)16(11-12)20-4/h7-8,11,13-14,18H,5-6,9-10H2,1-4H3. The molecule has 3 nitrogen and oxygen atoms in total. The zero-order valence-corrected chi connectivity index (χ0v) is 13.0. The molecule has 112 valence electrons. The van der Waals surface area contributed by atoms with Crippen molar-refractivity contribution in [3.63, 3.8) is 0 Å². The van der Waals surface area contributed by atoms with Crippen molar-refractivity contribution in [3.8, 4) is 11.5 Å². The summed E-state index contributed by atoms with van der Waals surface area (Å²) in [5.41, 5.74) is 1.34. The van der Waals surface area contributed by atoms with Crippen molar-refractivity contribution < 1.29 is 14.6 Å². The molecule has 2 atom stereocenters. The first-order valence-electron chi connectivity index (χ1n) is 7.37. The van der Waals surface area contributed by atoms with Crippen LogP contribution in [-0.4, -0.2) is 25.4 Å². The highest BCUT2D eigenvalue weighted by Crippen LogP contribution is 2.45. The minimum absolute atomic E-state index is 0.246. The molecule has 20 heavy (non-hydrogen) atoms. The van der Waals surface area contributed by atoms with Gasteiger partial charge in [0.1, 0.15) is 0 Å². The lowest BCUT2D eigenvalue weighted by Crippen LogP contribution is -2.31. The topological polar surface area (TPSA) is 38.7 Å². The fourth-order valence-electron chi connectivity index (χ4n) is 3.46. The summed E-state index contributed by atoms with van der Waals surface area (Å²) >= 11 is 0. The van der Waals surface area contributed by atoms with Crippen LogP contribution in [-0.2, 0) is 6.42 Å². The van der Waals surface area contributed by atoms with Gasteiger partial charge in [-0.3, -0.25) is 0 Å². The quantitative estimate of drug-likeness (QED) is 0.896. The number of aliphatic hydroxyl groups excluding tert-OH is 1. The average molecular weight is 278 g/mol. The van der Waals surface area contributed by atoms with Crippen molar-refractivity contribution in [3.05, 3.63) is 23.8 Å². The minimum atomic E-state index is -0.286. The molecule has 2 rings (SSSR count). The number of ether oxygens (including phenoxy) is 2. The Hall–Kier alpha value is -1.22. The zero-order valence-electron chi connectivity index (χ0n) is 13.0. The van der Waals surface area contributed by atoms with Crippen LogP contribution in [0.15, 0.2) is 18.2 Å². The Balaban J connectivity index is 2.10. The lowest BCUT2D eigenvalue weighted by molar-refractivity contribution is 0.0542. The first-order valence-corrected chi connectivity index (χ1v) is 7.37. The van der Waals surface area contributed by atoms with Gasteiger partial charge in [0.25, 0.3) is 0 Å². The van der Waals surface area contributed by atoms with E-state index in [1.165, 1.54) is 12.8 Å². The minimum Gasteiger partial charge on any atom is -0.493 e. The first kappa shape index (κ1) is 15.2. The summed E-state index contributed by atoms with van der Waals surface area (Å²) in [5, 5.41) is 10.6. The molecule has 1 aromatic carbocycles. The van der Waals surface area contributed by atoms with Crippen LogP contribution in [0.1, 0.15) is 38.7 Å². The smallest absolute Gasteiger partial charge is 0.160 e. The van der Waals surface area contributed by atoms with Crippen LogP contribution in [0.3, 0.4) is 0 Å². The van der Waals surface area contributed by atoms with Gasteiger partial charge < -0.3 is 14.6 Å². The predicted octanol–water partition coefficient (Wildman–Crippen LogP) is 3.43. The maximum Gasteiger partial charge on any atom is 0.160 e. The van der Waals surface area contributed by atoms with Gasteiger partial charge in [0.15, 0.2) is 11.5 Å². The summed E-state index contributed by atoms with van der Waals surface area (Å²) in [6.07, 6.45) is 3.95. The Morgan fingerprint density at radius 3 is 2.50 bits per heavy atom. The summed E-state index contributed by atoms with van der Waals surface area (Å²) in [6, 6.07) is 5.87. The summed E-state index contributed by atoms with van der Waals surface area (Å²) in [5.74, 6) is 1.84. The van der Waals surface area contributed by atoms with Crippen LogP contribution in [0.2, 0.25) is 0 Å². The van der Waals surface area contributed by atoms with Crippen molar-refractivity contribution in [2.45, 2.75) is 45.6 Å². The molecule has 1 aromatic rings. The number of rotatable bonds is 5. The second-order valence-electron chi connectivity index (χ2n) is 6.45. The third-order valence-corrected chi connectivity index (χ3v) is 4.70. The maximum atomic E-state index is 10.6. The fourth-order valence-corrected chi connectivity index (χ4v) is 3.46. The number of benzene rings is 1. The van der Waals surface area contributed by atoms with Gasteiger partial charge >= 0.3 is 0 Å². The molecule has 0 bridgehead atoms. The van der Waals surface area contributed by atoms with Gasteiger partial charge in [-0.05, 0) is 48.3 Å². The van der Waals surface area contributed by atoms with Crippen LogP contribution < -0.4 is 9.47 Å². The Labute approximate surface area is 121 Å². The lowest BCUT2D eigenvalue weighted by atomic mass is 9.77. The molecule has 1 N–H and O–H groups in total. The molecule has 1 fully saturated rings. The van der Waals surface area contributed by atoms with E-state index in [1.807, 2.05) is 18.2 Å². The van der Waals surface area contributed by atoms with Crippen LogP contribution in [0, 0.1) is 11.3 Å². The van der Waals surface area contributed by atoms with Crippen molar-refractivity contribution in [1.82, 2.24) is 0 Å². The fraction of sp³-hybridized carbons (Fsp3) is 0.647. The molecule has 2 unspecified atom stereocenters. The second-order valence-corrected chi connectivity index (χ2v) is 6.45. The van der Waals surface area contributed by atoms with Crippen LogP contribution in [0.4, 0.5) is 0 Å². The van der Waals surface area contributed by atoms with Crippen LogP contribution in [0.25, 0.3) is 0 Å². The highest BCUT2D eigenvalue weighted by molar-refractivity contribution is 5.43. The zero-order chi connectivity index (χ0) is 14.8. The molecule has 0 saturated heterocycles. The van der Waals surface area contributed by atoms with Gasteiger partial charge in [-0.15, -0.1) is 0 Å². The van der Waals surface area contributed by atoms with E-state index in [-0.39, 0.29) is 11.5 Å². The van der Waals surface area contributed by atoms with Gasteiger partial charge in [0.2, 0.25) is 0 Å². The third kappa shape index (κ3) is 3.09. The van der Waals surface area contributed by atoms with E-state index in [9.17, 15) is 5.11 Å². The molecule has 0 spiro atoms. The Morgan fingerprint density at radius 2 is 1.95 bits per heavy atom. The molecular formula is C17H26O3. The van der Waals surface area contributed by atoms with E-state index in [0.29, 0.717) is 12.3 Å². The molecular weight excluding hydrogens is 252 g/mol. The molecule has 0 amide bonds. The highest BCUT2D eigenvalue weighted by Gasteiger charge is 2.38. The summed E-state index contributed by atoms with van der Waals surface area (Å²) in [6.45, 7) is 4.53. The van der Waals surface area contributed by atoms with Crippen molar-refractivity contribution >= 4 is 0 Å². The predicted molar refractivity (Wildman–Crippen MR) is 80.4 cm³/mol. The largest absolute Gasteiger partial charge is 0.493 e. The summed E-state index contributed by atoms with van der Waals surface area (Å²) in [4.78, 5) is 0. The van der Waals surface area contributed by atoms with Crippen LogP contribution >= 0.6 is 0 Å². The lowest BCUT2D eigenvalue weighted by Gasteiger charge is -2.31. The Bertz CT molecular complexity index is 454. The average Bonchev–Trinajstić information content (AvgIpc) is 2.78. The van der Waals surface area contributed by atoms with Gasteiger partial charge in [0, 0.05) is 0 Å². The van der Waals surface area contributed by atoms with Gasteiger partial charge in [-0.25, -0.2) is 0 Å². The maximum absolute atomic E-state index is 10.6. The third-order valence-electron chi connectivity index (χ3n) is 4.70. The molecule has 1 aliphatic rings. The van der Waals surface area contributed by atoms with Gasteiger partial charge in [0.05, 0.1) is 20.3 Å². The van der Waals surface area contributed by atoms with E-state index in [1.54, 1.807) is 14.2 Å². The van der Waals surface area contributed by atoms with Crippen molar-refractivity contribution in [1.29, 1.82) is 0 Å². The molecule has 0 radical (unpaired) electrons. The Morgan fingerprint density at radius 1 is 1.25 bits per heavy atom. The SMILES string of the molecule is COc1ccc(CC(O)C2CCCC2(C)C)cc1OC. The molecule has 0 heterocycles.